The molecule has 0 heterocycles. The lowest BCUT2D eigenvalue weighted by Gasteiger charge is -2.10. The van der Waals surface area contributed by atoms with Crippen molar-refractivity contribution in [3.8, 4) is 0 Å². The molecule has 0 radical (unpaired) electrons. The van der Waals surface area contributed by atoms with E-state index in [1.54, 1.807) is 0 Å². The minimum atomic E-state index is -0.980. The number of halogens is 3. The lowest BCUT2D eigenvalue weighted by molar-refractivity contribution is 0.465. The van der Waals surface area contributed by atoms with Gasteiger partial charge in [0.05, 0.1) is 0 Å². The summed E-state index contributed by atoms with van der Waals surface area (Å²) in [5, 5.41) is 0. The molecule has 88 valence electrons. The van der Waals surface area contributed by atoms with Gasteiger partial charge in [-0.05, 0) is 42.9 Å². The Labute approximate surface area is 92.5 Å². The van der Waals surface area contributed by atoms with Crippen LogP contribution in [-0.2, 0) is 13.1 Å². The molecule has 1 fully saturated rings. The SMILES string of the molecule is NC1(CCc2cc(CF)cc(F)c2F)CC1. The molecular formula is C12H14F3N. The van der Waals surface area contributed by atoms with Crippen LogP contribution in [-0.4, -0.2) is 5.54 Å². The molecule has 2 rings (SSSR count). The summed E-state index contributed by atoms with van der Waals surface area (Å²) in [5.74, 6) is -1.85. The molecule has 1 aliphatic carbocycles. The van der Waals surface area contributed by atoms with Crippen LogP contribution in [0.4, 0.5) is 13.2 Å². The van der Waals surface area contributed by atoms with E-state index in [-0.39, 0.29) is 16.7 Å². The molecule has 1 nitrogen and oxygen atoms in total. The smallest absolute Gasteiger partial charge is 0.162 e. The van der Waals surface area contributed by atoms with Crippen molar-refractivity contribution in [1.82, 2.24) is 0 Å². The summed E-state index contributed by atoms with van der Waals surface area (Å²) in [7, 11) is 0. The van der Waals surface area contributed by atoms with Gasteiger partial charge >= 0.3 is 0 Å². The van der Waals surface area contributed by atoms with Gasteiger partial charge in [0.15, 0.2) is 11.6 Å². The molecule has 16 heavy (non-hydrogen) atoms. The van der Waals surface area contributed by atoms with Gasteiger partial charge in [0, 0.05) is 5.54 Å². The van der Waals surface area contributed by atoms with Crippen molar-refractivity contribution in [2.45, 2.75) is 37.9 Å². The molecule has 0 saturated heterocycles. The van der Waals surface area contributed by atoms with Crippen molar-refractivity contribution in [3.63, 3.8) is 0 Å². The van der Waals surface area contributed by atoms with Crippen molar-refractivity contribution in [2.24, 2.45) is 5.73 Å². The number of aryl methyl sites for hydroxylation is 1. The van der Waals surface area contributed by atoms with Crippen molar-refractivity contribution in [3.05, 3.63) is 34.9 Å². The normalized spacial score (nSPS) is 17.5. The number of rotatable bonds is 4. The molecule has 4 heteroatoms. The third-order valence-corrected chi connectivity index (χ3v) is 3.10. The van der Waals surface area contributed by atoms with E-state index >= 15 is 0 Å². The molecule has 1 aromatic carbocycles. The molecule has 0 aromatic heterocycles. The van der Waals surface area contributed by atoms with E-state index in [0.717, 1.165) is 18.9 Å². The van der Waals surface area contributed by atoms with Gasteiger partial charge in [-0.1, -0.05) is 6.07 Å². The zero-order valence-electron chi connectivity index (χ0n) is 8.90. The second kappa shape index (κ2) is 4.09. The van der Waals surface area contributed by atoms with Crippen LogP contribution in [0.3, 0.4) is 0 Å². The van der Waals surface area contributed by atoms with Gasteiger partial charge in [-0.15, -0.1) is 0 Å². The Bertz CT molecular complexity index is 399. The molecule has 0 spiro atoms. The summed E-state index contributed by atoms with van der Waals surface area (Å²) in [4.78, 5) is 0. The average Bonchev–Trinajstić information content (AvgIpc) is 2.99. The monoisotopic (exact) mass is 229 g/mol. The predicted octanol–water partition coefficient (Wildman–Crippen LogP) is 2.86. The topological polar surface area (TPSA) is 26.0 Å². The lowest BCUT2D eigenvalue weighted by Crippen LogP contribution is -2.22. The van der Waals surface area contributed by atoms with E-state index in [1.807, 2.05) is 0 Å². The zero-order valence-corrected chi connectivity index (χ0v) is 8.90. The molecule has 0 bridgehead atoms. The second-order valence-corrected chi connectivity index (χ2v) is 4.55. The van der Waals surface area contributed by atoms with Crippen LogP contribution in [0, 0.1) is 11.6 Å². The summed E-state index contributed by atoms with van der Waals surface area (Å²) >= 11 is 0. The largest absolute Gasteiger partial charge is 0.325 e. The Morgan fingerprint density at radius 3 is 2.50 bits per heavy atom. The highest BCUT2D eigenvalue weighted by Crippen LogP contribution is 2.36. The fourth-order valence-corrected chi connectivity index (χ4v) is 1.76. The maximum Gasteiger partial charge on any atom is 0.162 e. The van der Waals surface area contributed by atoms with Crippen LogP contribution in [0.2, 0.25) is 0 Å². The number of alkyl halides is 1. The maximum absolute atomic E-state index is 13.4. The molecule has 0 amide bonds. The van der Waals surface area contributed by atoms with Crippen LogP contribution in [0.5, 0.6) is 0 Å². The first-order chi connectivity index (χ1) is 7.54. The van der Waals surface area contributed by atoms with Gasteiger partial charge in [-0.25, -0.2) is 13.2 Å². The number of benzene rings is 1. The fourth-order valence-electron chi connectivity index (χ4n) is 1.76. The molecule has 1 saturated carbocycles. The van der Waals surface area contributed by atoms with Gasteiger partial charge < -0.3 is 5.73 Å². The van der Waals surface area contributed by atoms with E-state index < -0.39 is 18.3 Å². The standard InChI is InChI=1S/C12H14F3N/c13-7-8-5-9(11(15)10(14)6-8)1-2-12(16)3-4-12/h5-6H,1-4,7,16H2. The van der Waals surface area contributed by atoms with E-state index in [0.29, 0.717) is 12.8 Å². The molecule has 1 aliphatic rings. The van der Waals surface area contributed by atoms with Crippen molar-refractivity contribution < 1.29 is 13.2 Å². The van der Waals surface area contributed by atoms with Gasteiger partial charge in [0.2, 0.25) is 0 Å². The average molecular weight is 229 g/mol. The first kappa shape index (κ1) is 11.5. The highest BCUT2D eigenvalue weighted by atomic mass is 19.2. The molecule has 2 N–H and O–H groups in total. The van der Waals surface area contributed by atoms with Crippen molar-refractivity contribution >= 4 is 0 Å². The van der Waals surface area contributed by atoms with Crippen LogP contribution >= 0.6 is 0 Å². The number of hydrogen-bond donors (Lipinski definition) is 1. The number of nitrogens with two attached hydrogens (primary N) is 1. The van der Waals surface area contributed by atoms with E-state index in [2.05, 4.69) is 0 Å². The molecule has 0 unspecified atom stereocenters. The minimum Gasteiger partial charge on any atom is -0.325 e. The molecule has 0 atom stereocenters. The van der Waals surface area contributed by atoms with Gasteiger partial charge in [0.1, 0.15) is 6.67 Å². The quantitative estimate of drug-likeness (QED) is 0.844. The van der Waals surface area contributed by atoms with Crippen molar-refractivity contribution in [1.29, 1.82) is 0 Å². The first-order valence-corrected chi connectivity index (χ1v) is 5.36. The third-order valence-electron chi connectivity index (χ3n) is 3.10. The highest BCUT2D eigenvalue weighted by molar-refractivity contribution is 5.26. The molecule has 0 aliphatic heterocycles. The van der Waals surface area contributed by atoms with Crippen LogP contribution in [0.25, 0.3) is 0 Å². The van der Waals surface area contributed by atoms with Gasteiger partial charge in [-0.2, -0.15) is 0 Å². The summed E-state index contributed by atoms with van der Waals surface area (Å²) in [6.45, 7) is -0.780. The van der Waals surface area contributed by atoms with Crippen molar-refractivity contribution in [2.75, 3.05) is 0 Å². The molecular weight excluding hydrogens is 215 g/mol. The van der Waals surface area contributed by atoms with E-state index in [9.17, 15) is 13.2 Å². The third kappa shape index (κ3) is 2.38. The summed E-state index contributed by atoms with van der Waals surface area (Å²) in [6, 6.07) is 2.28. The van der Waals surface area contributed by atoms with Crippen LogP contribution < -0.4 is 5.73 Å². The predicted molar refractivity (Wildman–Crippen MR) is 55.6 cm³/mol. The first-order valence-electron chi connectivity index (χ1n) is 5.36. The lowest BCUT2D eigenvalue weighted by atomic mass is 10.0. The van der Waals surface area contributed by atoms with E-state index in [4.69, 9.17) is 5.73 Å². The second-order valence-electron chi connectivity index (χ2n) is 4.55. The number of hydrogen-bond acceptors (Lipinski definition) is 1. The maximum atomic E-state index is 13.4. The Morgan fingerprint density at radius 2 is 1.94 bits per heavy atom. The fraction of sp³-hybridized carbons (Fsp3) is 0.500. The summed E-state index contributed by atoms with van der Waals surface area (Å²) < 4.78 is 38.9. The summed E-state index contributed by atoms with van der Waals surface area (Å²) in [6.07, 6.45) is 2.85. The minimum absolute atomic E-state index is 0.177. The van der Waals surface area contributed by atoms with Gasteiger partial charge in [0.25, 0.3) is 0 Å². The zero-order chi connectivity index (χ0) is 11.8. The Balaban J connectivity index is 2.15. The Morgan fingerprint density at radius 1 is 1.25 bits per heavy atom. The van der Waals surface area contributed by atoms with E-state index in [1.165, 1.54) is 6.07 Å². The highest BCUT2D eigenvalue weighted by Gasteiger charge is 2.37. The van der Waals surface area contributed by atoms with Crippen LogP contribution in [0.1, 0.15) is 30.4 Å². The Kier molecular flexibility index (Phi) is 2.93. The van der Waals surface area contributed by atoms with Crippen LogP contribution in [0.15, 0.2) is 12.1 Å². The molecule has 1 aromatic rings. The van der Waals surface area contributed by atoms with Gasteiger partial charge in [-0.3, -0.25) is 0 Å². The Hall–Kier alpha value is -1.03. The summed E-state index contributed by atoms with van der Waals surface area (Å²) in [5.41, 5.74) is 6.07.